The SMILES string of the molecule is c1ccc2c(c1)nc(-c1ccc(-c3c4oc5ccccc5c4cc4c3oc3ccccc34)cc1)c1ccc3c4ccccc4sc3c12. The van der Waals surface area contributed by atoms with Crippen molar-refractivity contribution in [2.24, 2.45) is 0 Å². The maximum Gasteiger partial charge on any atom is 0.147 e. The Hall–Kier alpha value is -5.97. The van der Waals surface area contributed by atoms with E-state index in [-0.39, 0.29) is 0 Å². The summed E-state index contributed by atoms with van der Waals surface area (Å²) >= 11 is 1.87. The number of hydrogen-bond acceptors (Lipinski definition) is 4. The summed E-state index contributed by atoms with van der Waals surface area (Å²) in [6, 6.07) is 49.2. The molecule has 0 N–H and O–H groups in total. The predicted octanol–water partition coefficient (Wildman–Crippen LogP) is 12.9. The molecule has 0 saturated carbocycles. The molecule has 4 heterocycles. The van der Waals surface area contributed by atoms with Crippen LogP contribution in [0.25, 0.3) is 108 Å². The first-order valence-corrected chi connectivity index (χ1v) is 16.6. The van der Waals surface area contributed by atoms with Crippen LogP contribution in [-0.2, 0) is 0 Å². The average Bonchev–Trinajstić information content (AvgIpc) is 3.81. The molecule has 3 nitrogen and oxygen atoms in total. The van der Waals surface area contributed by atoms with Crippen LogP contribution in [0.2, 0.25) is 0 Å². The van der Waals surface area contributed by atoms with Crippen LogP contribution < -0.4 is 0 Å². The summed E-state index contributed by atoms with van der Waals surface area (Å²) < 4.78 is 15.7. The minimum Gasteiger partial charge on any atom is -0.455 e. The van der Waals surface area contributed by atoms with Gasteiger partial charge in [-0.25, -0.2) is 4.98 Å². The topological polar surface area (TPSA) is 39.2 Å². The lowest BCUT2D eigenvalue weighted by Crippen LogP contribution is -1.90. The maximum absolute atomic E-state index is 6.56. The zero-order chi connectivity index (χ0) is 30.6. The van der Waals surface area contributed by atoms with Crippen LogP contribution >= 0.6 is 11.3 Å². The van der Waals surface area contributed by atoms with E-state index >= 15 is 0 Å². The number of fused-ring (bicyclic) bond motifs is 13. The Balaban J connectivity index is 1.17. The largest absolute Gasteiger partial charge is 0.455 e. The van der Waals surface area contributed by atoms with E-state index in [0.29, 0.717) is 0 Å². The molecule has 0 amide bonds. The molecule has 0 saturated heterocycles. The number of nitrogens with zero attached hydrogens (tertiary/aromatic N) is 1. The van der Waals surface area contributed by atoms with E-state index in [0.717, 1.165) is 77.2 Å². The summed E-state index contributed by atoms with van der Waals surface area (Å²) in [5, 5.41) is 10.6. The Bertz CT molecular complexity index is 2980. The van der Waals surface area contributed by atoms with Gasteiger partial charge in [-0.05, 0) is 35.9 Å². The third-order valence-corrected chi connectivity index (χ3v) is 10.9. The van der Waals surface area contributed by atoms with Gasteiger partial charge in [0.1, 0.15) is 22.3 Å². The summed E-state index contributed by atoms with van der Waals surface area (Å²) in [5.41, 5.74) is 8.50. The zero-order valence-corrected chi connectivity index (χ0v) is 25.8. The number of hydrogen-bond donors (Lipinski definition) is 0. The molecule has 0 unspecified atom stereocenters. The van der Waals surface area contributed by atoms with Crippen molar-refractivity contribution in [1.29, 1.82) is 0 Å². The molecule has 0 fully saturated rings. The smallest absolute Gasteiger partial charge is 0.147 e. The van der Waals surface area contributed by atoms with Gasteiger partial charge >= 0.3 is 0 Å². The Morgan fingerprint density at radius 2 is 1.02 bits per heavy atom. The van der Waals surface area contributed by atoms with E-state index < -0.39 is 0 Å². The van der Waals surface area contributed by atoms with Gasteiger partial charge in [0, 0.05) is 63.4 Å². The number of aromatic nitrogens is 1. The third kappa shape index (κ3) is 3.48. The van der Waals surface area contributed by atoms with Gasteiger partial charge in [-0.1, -0.05) is 109 Å². The Morgan fingerprint density at radius 3 is 1.74 bits per heavy atom. The highest BCUT2D eigenvalue weighted by Gasteiger charge is 2.22. The maximum atomic E-state index is 6.56. The molecule has 4 aromatic heterocycles. The lowest BCUT2D eigenvalue weighted by Gasteiger charge is -2.12. The molecule has 11 rings (SSSR count). The second kappa shape index (κ2) is 9.29. The highest BCUT2D eigenvalue weighted by atomic mass is 32.1. The minimum atomic E-state index is 0.840. The summed E-state index contributed by atoms with van der Waals surface area (Å²) in [6.45, 7) is 0. The Kier molecular flexibility index (Phi) is 4.99. The van der Waals surface area contributed by atoms with Crippen LogP contribution in [0.3, 0.4) is 0 Å². The zero-order valence-electron chi connectivity index (χ0n) is 25.0. The van der Waals surface area contributed by atoms with Crippen molar-refractivity contribution in [3.63, 3.8) is 0 Å². The third-order valence-electron chi connectivity index (χ3n) is 9.67. The van der Waals surface area contributed by atoms with E-state index in [1.807, 2.05) is 35.6 Å². The molecule has 0 bridgehead atoms. The highest BCUT2D eigenvalue weighted by Crippen LogP contribution is 2.46. The number of thiophene rings is 1. The summed E-state index contributed by atoms with van der Waals surface area (Å²) in [7, 11) is 0. The molecule has 7 aromatic carbocycles. The van der Waals surface area contributed by atoms with Crippen LogP contribution in [0.4, 0.5) is 0 Å². The lowest BCUT2D eigenvalue weighted by molar-refractivity contribution is 0.658. The molecule has 0 radical (unpaired) electrons. The normalized spacial score (nSPS) is 12.3. The van der Waals surface area contributed by atoms with E-state index in [2.05, 4.69) is 115 Å². The van der Waals surface area contributed by atoms with Crippen LogP contribution in [0, 0.1) is 0 Å². The van der Waals surface area contributed by atoms with Crippen LogP contribution in [0.5, 0.6) is 0 Å². The summed E-state index contributed by atoms with van der Waals surface area (Å²) in [4.78, 5) is 5.26. The van der Waals surface area contributed by atoms with Crippen molar-refractivity contribution in [2.45, 2.75) is 0 Å². The fourth-order valence-corrected chi connectivity index (χ4v) is 8.79. The molecule has 4 heteroatoms. The van der Waals surface area contributed by atoms with Crippen molar-refractivity contribution < 1.29 is 8.83 Å². The fraction of sp³-hybridized carbons (Fsp3) is 0. The van der Waals surface area contributed by atoms with E-state index in [4.69, 9.17) is 13.8 Å². The number of pyridine rings is 1. The van der Waals surface area contributed by atoms with Crippen molar-refractivity contribution in [1.82, 2.24) is 4.98 Å². The molecule has 0 spiro atoms. The highest BCUT2D eigenvalue weighted by molar-refractivity contribution is 7.26. The first kappa shape index (κ1) is 25.2. The Labute approximate surface area is 271 Å². The second-order valence-electron chi connectivity index (χ2n) is 12.2. The van der Waals surface area contributed by atoms with E-state index in [1.54, 1.807) is 0 Å². The number of rotatable bonds is 2. The Morgan fingerprint density at radius 1 is 0.447 bits per heavy atom. The van der Waals surface area contributed by atoms with Crippen molar-refractivity contribution in [2.75, 3.05) is 0 Å². The standard InChI is InChI=1S/C43H23NO2S/c1-5-13-34-30(12-1)39-31(22-21-29-28-11-4-8-16-37(28)47-43(29)39)40(44-34)25-19-17-24(18-20-25)38-41-32(26-9-2-6-14-35(26)45-41)23-33-27-10-3-7-15-36(27)46-42(33)38/h1-23H. The van der Waals surface area contributed by atoms with Crippen molar-refractivity contribution in [3.8, 4) is 22.4 Å². The molecule has 0 atom stereocenters. The molecule has 218 valence electrons. The van der Waals surface area contributed by atoms with E-state index in [9.17, 15) is 0 Å². The number of furan rings is 2. The van der Waals surface area contributed by atoms with Gasteiger partial charge in [-0.3, -0.25) is 0 Å². The van der Waals surface area contributed by atoms with Gasteiger partial charge < -0.3 is 8.83 Å². The number of benzene rings is 7. The average molecular weight is 618 g/mol. The molecule has 0 aliphatic heterocycles. The van der Waals surface area contributed by atoms with Crippen LogP contribution in [-0.4, -0.2) is 4.98 Å². The quantitative estimate of drug-likeness (QED) is 0.181. The minimum absolute atomic E-state index is 0.840. The molecule has 0 aliphatic carbocycles. The second-order valence-corrected chi connectivity index (χ2v) is 13.3. The van der Waals surface area contributed by atoms with Gasteiger partial charge in [-0.2, -0.15) is 0 Å². The monoisotopic (exact) mass is 617 g/mol. The van der Waals surface area contributed by atoms with Gasteiger partial charge in [0.2, 0.25) is 0 Å². The fourth-order valence-electron chi connectivity index (χ4n) is 7.53. The van der Waals surface area contributed by atoms with Gasteiger partial charge in [0.05, 0.1) is 16.8 Å². The van der Waals surface area contributed by atoms with Gasteiger partial charge in [-0.15, -0.1) is 11.3 Å². The van der Waals surface area contributed by atoms with Gasteiger partial charge in [0.25, 0.3) is 0 Å². The predicted molar refractivity (Wildman–Crippen MR) is 198 cm³/mol. The van der Waals surface area contributed by atoms with Crippen molar-refractivity contribution >= 4 is 97.1 Å². The summed E-state index contributed by atoms with van der Waals surface area (Å²) in [6.07, 6.45) is 0. The summed E-state index contributed by atoms with van der Waals surface area (Å²) in [5.74, 6) is 0. The first-order valence-electron chi connectivity index (χ1n) is 15.8. The molecular formula is C43H23NO2S. The molecular weight excluding hydrogens is 595 g/mol. The van der Waals surface area contributed by atoms with E-state index in [1.165, 1.54) is 30.9 Å². The van der Waals surface area contributed by atoms with Crippen LogP contribution in [0.1, 0.15) is 0 Å². The lowest BCUT2D eigenvalue weighted by atomic mass is 9.95. The molecule has 0 aliphatic rings. The van der Waals surface area contributed by atoms with Crippen molar-refractivity contribution in [3.05, 3.63) is 140 Å². The van der Waals surface area contributed by atoms with Crippen LogP contribution in [0.15, 0.2) is 148 Å². The molecule has 11 aromatic rings. The van der Waals surface area contributed by atoms with Gasteiger partial charge in [0.15, 0.2) is 0 Å². The molecule has 47 heavy (non-hydrogen) atoms. The first-order chi connectivity index (χ1) is 23.3. The number of para-hydroxylation sites is 3.